The van der Waals surface area contributed by atoms with Crippen LogP contribution in [0.4, 0.5) is 0 Å². The quantitative estimate of drug-likeness (QED) is 0.809. The fraction of sp³-hybridized carbons (Fsp3) is 0.364. The molecule has 1 atom stereocenters. The van der Waals surface area contributed by atoms with Crippen LogP contribution in [0.25, 0.3) is 0 Å². The second-order valence-corrected chi connectivity index (χ2v) is 6.83. The molecule has 1 aliphatic heterocycles. The van der Waals surface area contributed by atoms with Gasteiger partial charge in [0.25, 0.3) is 11.8 Å². The number of rotatable bonds is 6. The van der Waals surface area contributed by atoms with Crippen molar-refractivity contribution in [1.29, 1.82) is 0 Å². The van der Waals surface area contributed by atoms with Gasteiger partial charge in [0.2, 0.25) is 0 Å². The molecule has 3 rings (SSSR count). The summed E-state index contributed by atoms with van der Waals surface area (Å²) in [5.74, 6) is 1.24. The zero-order valence-corrected chi connectivity index (χ0v) is 16.7. The predicted molar refractivity (Wildman–Crippen MR) is 108 cm³/mol. The van der Waals surface area contributed by atoms with E-state index in [1.165, 1.54) is 12.1 Å². The molecule has 7 heteroatoms. The normalized spacial score (nSPS) is 15.0. The minimum atomic E-state index is -0.645. The first-order chi connectivity index (χ1) is 14.0. The molecule has 1 unspecified atom stereocenters. The first-order valence-electron chi connectivity index (χ1n) is 9.74. The number of nitrogens with zero attached hydrogens (tertiary/aromatic N) is 2. The highest BCUT2D eigenvalue weighted by Crippen LogP contribution is 2.19. The van der Waals surface area contributed by atoms with E-state index in [9.17, 15) is 14.7 Å². The number of amides is 2. The molecule has 2 amide bonds. The minimum absolute atomic E-state index is 0.0476. The van der Waals surface area contributed by atoms with Crippen LogP contribution in [-0.2, 0) is 4.79 Å². The van der Waals surface area contributed by atoms with Gasteiger partial charge in [0, 0.05) is 31.7 Å². The molecule has 29 heavy (non-hydrogen) atoms. The molecule has 0 spiro atoms. The third-order valence-corrected chi connectivity index (χ3v) is 4.79. The lowest BCUT2D eigenvalue weighted by atomic mass is 10.1. The molecule has 0 bridgehead atoms. The van der Waals surface area contributed by atoms with E-state index in [1.807, 2.05) is 6.92 Å². The van der Waals surface area contributed by atoms with Crippen LogP contribution < -0.4 is 9.47 Å². The van der Waals surface area contributed by atoms with Crippen LogP contribution in [0, 0.1) is 0 Å². The Hall–Kier alpha value is -3.22. The minimum Gasteiger partial charge on any atom is -0.508 e. The van der Waals surface area contributed by atoms with Crippen molar-refractivity contribution in [3.63, 3.8) is 0 Å². The second kappa shape index (κ2) is 9.32. The standard InChI is InChI=1S/C22H26N2O5/c1-3-28-19-8-4-17(5-9-19)22(27)24-14-12-23(13-15-24)21(26)16(2)29-20-10-6-18(25)7-11-20/h4-11,16,25H,3,12-15H2,1-2H3. The Bertz CT molecular complexity index is 827. The van der Waals surface area contributed by atoms with Crippen molar-refractivity contribution in [2.75, 3.05) is 32.8 Å². The number of benzene rings is 2. The molecule has 1 saturated heterocycles. The molecule has 154 valence electrons. The number of phenolic OH excluding ortho intramolecular Hbond substituents is 1. The molecule has 0 aliphatic carbocycles. The first-order valence-corrected chi connectivity index (χ1v) is 9.74. The van der Waals surface area contributed by atoms with Crippen molar-refractivity contribution in [3.05, 3.63) is 54.1 Å². The lowest BCUT2D eigenvalue weighted by Crippen LogP contribution is -2.53. The monoisotopic (exact) mass is 398 g/mol. The van der Waals surface area contributed by atoms with Crippen LogP contribution in [0.1, 0.15) is 24.2 Å². The van der Waals surface area contributed by atoms with Crippen molar-refractivity contribution in [3.8, 4) is 17.2 Å². The van der Waals surface area contributed by atoms with Crippen molar-refractivity contribution in [1.82, 2.24) is 9.80 Å². The number of aromatic hydroxyl groups is 1. The van der Waals surface area contributed by atoms with E-state index in [2.05, 4.69) is 0 Å². The first kappa shape index (κ1) is 20.5. The number of hydrogen-bond donors (Lipinski definition) is 1. The average Bonchev–Trinajstić information content (AvgIpc) is 2.75. The number of phenols is 1. The number of hydrogen-bond acceptors (Lipinski definition) is 5. The van der Waals surface area contributed by atoms with Crippen molar-refractivity contribution >= 4 is 11.8 Å². The van der Waals surface area contributed by atoms with Crippen LogP contribution >= 0.6 is 0 Å². The van der Waals surface area contributed by atoms with E-state index in [0.29, 0.717) is 44.1 Å². The third kappa shape index (κ3) is 5.19. The highest BCUT2D eigenvalue weighted by Gasteiger charge is 2.28. The Morgan fingerprint density at radius 2 is 1.48 bits per heavy atom. The van der Waals surface area contributed by atoms with Gasteiger partial charge in [-0.3, -0.25) is 9.59 Å². The SMILES string of the molecule is CCOc1ccc(C(=O)N2CCN(C(=O)C(C)Oc3ccc(O)cc3)CC2)cc1. The summed E-state index contributed by atoms with van der Waals surface area (Å²) in [6.45, 7) is 6.07. The van der Waals surface area contributed by atoms with Gasteiger partial charge in [-0.1, -0.05) is 0 Å². The Labute approximate surface area is 170 Å². The molecule has 1 heterocycles. The lowest BCUT2D eigenvalue weighted by molar-refractivity contribution is -0.139. The van der Waals surface area contributed by atoms with Gasteiger partial charge in [0.15, 0.2) is 6.10 Å². The van der Waals surface area contributed by atoms with E-state index in [-0.39, 0.29) is 17.6 Å². The number of ether oxygens (including phenoxy) is 2. The average molecular weight is 398 g/mol. The van der Waals surface area contributed by atoms with E-state index in [0.717, 1.165) is 5.75 Å². The van der Waals surface area contributed by atoms with E-state index in [1.54, 1.807) is 53.1 Å². The molecule has 1 aliphatic rings. The molecule has 1 fully saturated rings. The van der Waals surface area contributed by atoms with E-state index < -0.39 is 6.10 Å². The van der Waals surface area contributed by atoms with E-state index >= 15 is 0 Å². The number of carbonyl (C=O) groups is 2. The molecule has 7 nitrogen and oxygen atoms in total. The Balaban J connectivity index is 1.51. The molecule has 0 saturated carbocycles. The van der Waals surface area contributed by atoms with Crippen molar-refractivity contribution in [2.24, 2.45) is 0 Å². The van der Waals surface area contributed by atoms with Crippen LogP contribution in [0.3, 0.4) is 0 Å². The molecule has 0 aromatic heterocycles. The summed E-state index contributed by atoms with van der Waals surface area (Å²) >= 11 is 0. The summed E-state index contributed by atoms with van der Waals surface area (Å²) in [7, 11) is 0. The fourth-order valence-electron chi connectivity index (χ4n) is 3.21. The third-order valence-electron chi connectivity index (χ3n) is 4.79. The summed E-state index contributed by atoms with van der Waals surface area (Å²) in [5.41, 5.74) is 0.609. The summed E-state index contributed by atoms with van der Waals surface area (Å²) in [5, 5.41) is 9.32. The van der Waals surface area contributed by atoms with Crippen LogP contribution in [-0.4, -0.2) is 65.6 Å². The maximum Gasteiger partial charge on any atom is 0.263 e. The van der Waals surface area contributed by atoms with Gasteiger partial charge in [-0.2, -0.15) is 0 Å². The van der Waals surface area contributed by atoms with Gasteiger partial charge < -0.3 is 24.4 Å². The van der Waals surface area contributed by atoms with Crippen LogP contribution in [0.5, 0.6) is 17.2 Å². The highest BCUT2D eigenvalue weighted by atomic mass is 16.5. The van der Waals surface area contributed by atoms with Gasteiger partial charge in [-0.25, -0.2) is 0 Å². The Morgan fingerprint density at radius 3 is 2.07 bits per heavy atom. The lowest BCUT2D eigenvalue weighted by Gasteiger charge is -2.36. The predicted octanol–water partition coefficient (Wildman–Crippen LogP) is 2.54. The van der Waals surface area contributed by atoms with Crippen LogP contribution in [0.2, 0.25) is 0 Å². The Kier molecular flexibility index (Phi) is 6.59. The van der Waals surface area contributed by atoms with Gasteiger partial charge in [-0.15, -0.1) is 0 Å². The molecule has 0 radical (unpaired) electrons. The molecule has 2 aromatic carbocycles. The van der Waals surface area contributed by atoms with E-state index in [4.69, 9.17) is 9.47 Å². The molecule has 1 N–H and O–H groups in total. The summed E-state index contributed by atoms with van der Waals surface area (Å²) in [4.78, 5) is 28.8. The van der Waals surface area contributed by atoms with Gasteiger partial charge in [0.1, 0.15) is 17.2 Å². The molecular weight excluding hydrogens is 372 g/mol. The zero-order valence-electron chi connectivity index (χ0n) is 16.7. The largest absolute Gasteiger partial charge is 0.508 e. The molecule has 2 aromatic rings. The second-order valence-electron chi connectivity index (χ2n) is 6.83. The number of carbonyl (C=O) groups excluding carboxylic acids is 2. The van der Waals surface area contributed by atoms with Crippen molar-refractivity contribution in [2.45, 2.75) is 20.0 Å². The van der Waals surface area contributed by atoms with Gasteiger partial charge in [0.05, 0.1) is 6.61 Å². The summed E-state index contributed by atoms with van der Waals surface area (Å²) < 4.78 is 11.1. The number of piperazine rings is 1. The van der Waals surface area contributed by atoms with Gasteiger partial charge in [-0.05, 0) is 62.4 Å². The topological polar surface area (TPSA) is 79.3 Å². The van der Waals surface area contributed by atoms with Crippen molar-refractivity contribution < 1.29 is 24.2 Å². The summed E-state index contributed by atoms with van der Waals surface area (Å²) in [6, 6.07) is 13.4. The maximum atomic E-state index is 12.7. The fourth-order valence-corrected chi connectivity index (χ4v) is 3.21. The zero-order chi connectivity index (χ0) is 20.8. The summed E-state index contributed by atoms with van der Waals surface area (Å²) in [6.07, 6.45) is -0.645. The van der Waals surface area contributed by atoms with Crippen LogP contribution in [0.15, 0.2) is 48.5 Å². The highest BCUT2D eigenvalue weighted by molar-refractivity contribution is 5.94. The molecular formula is C22H26N2O5. The smallest absolute Gasteiger partial charge is 0.263 e. The van der Waals surface area contributed by atoms with Gasteiger partial charge >= 0.3 is 0 Å². The maximum absolute atomic E-state index is 12.7. The Morgan fingerprint density at radius 1 is 0.931 bits per heavy atom.